The summed E-state index contributed by atoms with van der Waals surface area (Å²) in [6.45, 7) is 0.654. The summed E-state index contributed by atoms with van der Waals surface area (Å²) in [5.74, 6) is 0.237. The fourth-order valence-electron chi connectivity index (χ4n) is 5.82. The van der Waals surface area contributed by atoms with Gasteiger partial charge in [-0.15, -0.1) is 0 Å². The number of rotatable bonds is 7. The molecule has 156 valence electrons. The summed E-state index contributed by atoms with van der Waals surface area (Å²) in [4.78, 5) is 12.6. The summed E-state index contributed by atoms with van der Waals surface area (Å²) in [6.07, 6.45) is 15.3. The summed E-state index contributed by atoms with van der Waals surface area (Å²) in [6, 6.07) is 2.99. The average molecular weight is 389 g/mol. The Morgan fingerprint density at radius 1 is 1.29 bits per heavy atom. The molecule has 1 spiro atoms. The number of aromatic nitrogens is 2. The van der Waals surface area contributed by atoms with Crippen molar-refractivity contribution >= 4 is 5.91 Å². The summed E-state index contributed by atoms with van der Waals surface area (Å²) < 4.78 is 5.80. The average Bonchev–Trinajstić information content (AvgIpc) is 3.21. The Hall–Kier alpha value is -1.40. The molecule has 28 heavy (non-hydrogen) atoms. The second-order valence-corrected chi connectivity index (χ2v) is 9.35. The first-order chi connectivity index (χ1) is 13.7. The van der Waals surface area contributed by atoms with Gasteiger partial charge in [-0.3, -0.25) is 9.89 Å². The van der Waals surface area contributed by atoms with Crippen LogP contribution in [0.4, 0.5) is 0 Å². The lowest BCUT2D eigenvalue weighted by molar-refractivity contribution is -0.128. The van der Waals surface area contributed by atoms with Crippen molar-refractivity contribution in [2.24, 2.45) is 11.3 Å². The predicted octanol–water partition coefficient (Wildman–Crippen LogP) is 2.95. The number of ether oxygens (including phenoxy) is 1. The van der Waals surface area contributed by atoms with Crippen LogP contribution in [0.5, 0.6) is 0 Å². The minimum Gasteiger partial charge on any atom is -0.380 e. The van der Waals surface area contributed by atoms with Crippen LogP contribution in [0.15, 0.2) is 12.3 Å². The maximum atomic E-state index is 12.6. The molecule has 3 aliphatic rings. The van der Waals surface area contributed by atoms with Crippen molar-refractivity contribution in [1.82, 2.24) is 20.8 Å². The molecule has 3 atom stereocenters. The Morgan fingerprint density at radius 2 is 2.11 bits per heavy atom. The first-order valence-corrected chi connectivity index (χ1v) is 11.2. The molecule has 0 unspecified atom stereocenters. The third-order valence-corrected chi connectivity index (χ3v) is 7.44. The Kier molecular flexibility index (Phi) is 6.36. The first-order valence-electron chi connectivity index (χ1n) is 11.2. The molecular formula is C22H36N4O2. The minimum absolute atomic E-state index is 0.0656. The molecule has 1 aromatic rings. The zero-order valence-corrected chi connectivity index (χ0v) is 17.2. The van der Waals surface area contributed by atoms with Crippen molar-refractivity contribution in [3.8, 4) is 0 Å². The van der Waals surface area contributed by atoms with Gasteiger partial charge in [0, 0.05) is 50.0 Å². The number of carbonyl (C=O) groups excluding carboxylic acids is 1. The number of amides is 1. The van der Waals surface area contributed by atoms with Gasteiger partial charge in [0.05, 0.1) is 6.10 Å². The molecular weight excluding hydrogens is 352 g/mol. The number of carbonyl (C=O) groups is 1. The van der Waals surface area contributed by atoms with E-state index in [0.717, 1.165) is 31.4 Å². The summed E-state index contributed by atoms with van der Waals surface area (Å²) >= 11 is 0. The minimum atomic E-state index is 0.0656. The standard InChI is InChI=1S/C22H36N4O2/c1-28-20-13-16(21(27)23-11-7-17-8-12-24-26-17)5-6-19(20)25-18-14-22(15-18)9-3-2-4-10-22/h8,12,16,18-20,25H,2-7,9-11,13-15H2,1H3,(H,23,27)(H,24,26)/t16-,19+,20+/m0/s1. The molecule has 0 bridgehead atoms. The van der Waals surface area contributed by atoms with Crippen LogP contribution in [0.2, 0.25) is 0 Å². The fourth-order valence-corrected chi connectivity index (χ4v) is 5.82. The van der Waals surface area contributed by atoms with E-state index < -0.39 is 0 Å². The molecule has 3 N–H and O–H groups in total. The maximum Gasteiger partial charge on any atom is 0.223 e. The van der Waals surface area contributed by atoms with Crippen LogP contribution in [0.3, 0.4) is 0 Å². The molecule has 0 saturated heterocycles. The van der Waals surface area contributed by atoms with Gasteiger partial charge >= 0.3 is 0 Å². The lowest BCUT2D eigenvalue weighted by Crippen LogP contribution is -2.57. The van der Waals surface area contributed by atoms with E-state index >= 15 is 0 Å². The SMILES string of the molecule is CO[C@@H]1C[C@@H](C(=O)NCCc2ccn[nH]2)CC[C@H]1NC1CC2(CCCCC2)C1. The molecule has 1 aromatic heterocycles. The molecule has 0 aliphatic heterocycles. The topological polar surface area (TPSA) is 79.0 Å². The summed E-state index contributed by atoms with van der Waals surface area (Å²) in [5.41, 5.74) is 1.71. The van der Waals surface area contributed by atoms with Gasteiger partial charge in [-0.2, -0.15) is 5.10 Å². The van der Waals surface area contributed by atoms with E-state index in [1.807, 2.05) is 6.07 Å². The predicted molar refractivity (Wildman–Crippen MR) is 109 cm³/mol. The molecule has 0 radical (unpaired) electrons. The molecule has 3 aliphatic carbocycles. The Bertz CT molecular complexity index is 618. The van der Waals surface area contributed by atoms with E-state index in [9.17, 15) is 4.79 Å². The van der Waals surface area contributed by atoms with Crippen molar-refractivity contribution in [2.45, 2.75) is 88.8 Å². The van der Waals surface area contributed by atoms with Gasteiger partial charge in [-0.25, -0.2) is 0 Å². The lowest BCUT2D eigenvalue weighted by atomic mass is 9.58. The maximum absolute atomic E-state index is 12.6. The number of hydrogen-bond donors (Lipinski definition) is 3. The van der Waals surface area contributed by atoms with E-state index in [4.69, 9.17) is 4.74 Å². The second-order valence-electron chi connectivity index (χ2n) is 9.35. The Morgan fingerprint density at radius 3 is 2.82 bits per heavy atom. The van der Waals surface area contributed by atoms with Gasteiger partial charge in [-0.05, 0) is 56.4 Å². The normalized spacial score (nSPS) is 30.1. The lowest BCUT2D eigenvalue weighted by Gasteiger charge is -2.52. The van der Waals surface area contributed by atoms with Crippen LogP contribution < -0.4 is 10.6 Å². The highest BCUT2D eigenvalue weighted by Gasteiger charge is 2.46. The molecule has 1 amide bonds. The Balaban J connectivity index is 1.20. The van der Waals surface area contributed by atoms with E-state index in [2.05, 4.69) is 20.8 Å². The van der Waals surface area contributed by atoms with Crippen LogP contribution >= 0.6 is 0 Å². The van der Waals surface area contributed by atoms with E-state index in [1.165, 1.54) is 44.9 Å². The van der Waals surface area contributed by atoms with Crippen molar-refractivity contribution in [3.63, 3.8) is 0 Å². The third kappa shape index (κ3) is 4.60. The van der Waals surface area contributed by atoms with E-state index in [-0.39, 0.29) is 17.9 Å². The molecule has 1 heterocycles. The molecule has 4 rings (SSSR count). The quantitative estimate of drug-likeness (QED) is 0.671. The zero-order valence-electron chi connectivity index (χ0n) is 17.2. The highest BCUT2D eigenvalue weighted by molar-refractivity contribution is 5.78. The van der Waals surface area contributed by atoms with Gasteiger partial charge in [0.1, 0.15) is 0 Å². The van der Waals surface area contributed by atoms with E-state index in [1.54, 1.807) is 13.3 Å². The number of H-pyrrole nitrogens is 1. The van der Waals surface area contributed by atoms with Crippen LogP contribution in [0, 0.1) is 11.3 Å². The zero-order chi connectivity index (χ0) is 19.4. The number of hydrogen-bond acceptors (Lipinski definition) is 4. The van der Waals surface area contributed by atoms with Crippen molar-refractivity contribution in [2.75, 3.05) is 13.7 Å². The van der Waals surface area contributed by atoms with Crippen molar-refractivity contribution < 1.29 is 9.53 Å². The highest BCUT2D eigenvalue weighted by Crippen LogP contribution is 2.52. The molecule has 3 saturated carbocycles. The van der Waals surface area contributed by atoms with Gasteiger partial charge in [-0.1, -0.05) is 19.3 Å². The second kappa shape index (κ2) is 8.95. The third-order valence-electron chi connectivity index (χ3n) is 7.44. The van der Waals surface area contributed by atoms with Gasteiger partial charge in [0.2, 0.25) is 5.91 Å². The van der Waals surface area contributed by atoms with Gasteiger partial charge in [0.25, 0.3) is 0 Å². The van der Waals surface area contributed by atoms with Crippen molar-refractivity contribution in [1.29, 1.82) is 0 Å². The highest BCUT2D eigenvalue weighted by atomic mass is 16.5. The number of nitrogens with zero attached hydrogens (tertiary/aromatic N) is 1. The van der Waals surface area contributed by atoms with Crippen LogP contribution in [-0.4, -0.2) is 47.9 Å². The van der Waals surface area contributed by atoms with Crippen LogP contribution in [0.1, 0.15) is 69.9 Å². The molecule has 0 aromatic carbocycles. The van der Waals surface area contributed by atoms with E-state index in [0.29, 0.717) is 24.0 Å². The molecule has 6 heteroatoms. The fraction of sp³-hybridized carbons (Fsp3) is 0.818. The monoisotopic (exact) mass is 388 g/mol. The number of nitrogens with one attached hydrogen (secondary N) is 3. The van der Waals surface area contributed by atoms with Crippen molar-refractivity contribution in [3.05, 3.63) is 18.0 Å². The van der Waals surface area contributed by atoms with Crippen LogP contribution in [0.25, 0.3) is 0 Å². The number of methoxy groups -OCH3 is 1. The van der Waals surface area contributed by atoms with Gasteiger partial charge < -0.3 is 15.4 Å². The summed E-state index contributed by atoms with van der Waals surface area (Å²) in [5, 5.41) is 13.8. The molecule has 3 fully saturated rings. The first kappa shape index (κ1) is 19.9. The van der Waals surface area contributed by atoms with Gasteiger partial charge in [0.15, 0.2) is 0 Å². The smallest absolute Gasteiger partial charge is 0.223 e. The number of aromatic amines is 1. The van der Waals surface area contributed by atoms with Crippen LogP contribution in [-0.2, 0) is 16.0 Å². The summed E-state index contributed by atoms with van der Waals surface area (Å²) in [7, 11) is 1.79. The largest absolute Gasteiger partial charge is 0.380 e. The Labute approximate surface area is 168 Å². The molecule has 6 nitrogen and oxygen atoms in total.